The van der Waals surface area contributed by atoms with Crippen LogP contribution in [0.15, 0.2) is 91.0 Å². The number of benzene rings is 5. The molecule has 0 saturated heterocycles. The monoisotopic (exact) mass is 495 g/mol. The van der Waals surface area contributed by atoms with Crippen molar-refractivity contribution >= 4 is 43.5 Å². The Labute approximate surface area is 218 Å². The fraction of sp³-hybridized carbons (Fsp3) is 0.0882. The van der Waals surface area contributed by atoms with Gasteiger partial charge in [-0.05, 0) is 54.6 Å². The van der Waals surface area contributed by atoms with Crippen LogP contribution < -0.4 is 9.30 Å². The molecule has 0 unspecified atom stereocenters. The summed E-state index contributed by atoms with van der Waals surface area (Å²) in [7, 11) is 2.10. The normalized spacial score (nSPS) is 12.4. The molecule has 0 spiro atoms. The maximum Gasteiger partial charge on any atom is 0.256 e. The van der Waals surface area contributed by atoms with Crippen molar-refractivity contribution in [3.05, 3.63) is 108 Å². The number of aryl methyl sites for hydroxylation is 2. The molecule has 38 heavy (non-hydrogen) atoms. The number of pyridine rings is 1. The van der Waals surface area contributed by atoms with Crippen molar-refractivity contribution in [2.75, 3.05) is 0 Å². The first-order valence-electron chi connectivity index (χ1n) is 12.9. The number of nitrogens with zero attached hydrogens (tertiary/aromatic N) is 2. The zero-order chi connectivity index (χ0) is 25.7. The predicted molar refractivity (Wildman–Crippen MR) is 152 cm³/mol. The summed E-state index contributed by atoms with van der Waals surface area (Å²) in [5.41, 5.74) is 8.33. The van der Waals surface area contributed by atoms with Crippen LogP contribution >= 0.6 is 0 Å². The Kier molecular flexibility index (Phi) is 4.18. The second-order valence-electron chi connectivity index (χ2n) is 10.3. The first kappa shape index (κ1) is 21.4. The van der Waals surface area contributed by atoms with Gasteiger partial charge in [0, 0.05) is 28.3 Å². The smallest absolute Gasteiger partial charge is 0.256 e. The molecular formula is C34H24FN2O+. The van der Waals surface area contributed by atoms with Gasteiger partial charge in [0.1, 0.15) is 18.6 Å². The minimum absolute atomic E-state index is 0.235. The molecule has 7 aromatic rings. The van der Waals surface area contributed by atoms with E-state index in [-0.39, 0.29) is 5.82 Å². The molecular weight excluding hydrogens is 471 g/mol. The first-order chi connectivity index (χ1) is 18.5. The van der Waals surface area contributed by atoms with Crippen molar-refractivity contribution in [2.45, 2.75) is 13.8 Å². The number of hydrogen-bond acceptors (Lipinski definition) is 1. The lowest BCUT2D eigenvalue weighted by Gasteiger charge is -2.23. The van der Waals surface area contributed by atoms with Gasteiger partial charge in [-0.25, -0.2) is 4.39 Å². The third-order valence-electron chi connectivity index (χ3n) is 8.26. The van der Waals surface area contributed by atoms with Crippen molar-refractivity contribution in [3.8, 4) is 28.4 Å². The SMILES string of the molecule is Cc1cc2cccc3c2c(c1C)-c1c(cc2c(-n4c5ccccc5c5cccc(F)c54)cccc2[n+]1C)O3. The Hall–Kier alpha value is -4.70. The van der Waals surface area contributed by atoms with Crippen LogP contribution in [-0.4, -0.2) is 4.57 Å². The zero-order valence-electron chi connectivity index (χ0n) is 21.3. The van der Waals surface area contributed by atoms with Crippen LogP contribution in [-0.2, 0) is 7.05 Å². The first-order valence-corrected chi connectivity index (χ1v) is 12.9. The third-order valence-corrected chi connectivity index (χ3v) is 8.26. The van der Waals surface area contributed by atoms with Crippen molar-refractivity contribution in [1.29, 1.82) is 0 Å². The molecule has 4 heteroatoms. The van der Waals surface area contributed by atoms with Gasteiger partial charge >= 0.3 is 0 Å². The van der Waals surface area contributed by atoms with Gasteiger partial charge in [0.15, 0.2) is 5.75 Å². The van der Waals surface area contributed by atoms with Gasteiger partial charge in [-0.2, -0.15) is 4.57 Å². The van der Waals surface area contributed by atoms with Crippen LogP contribution in [0.2, 0.25) is 0 Å². The zero-order valence-corrected chi connectivity index (χ0v) is 21.3. The summed E-state index contributed by atoms with van der Waals surface area (Å²) < 4.78 is 26.3. The molecule has 0 saturated carbocycles. The lowest BCUT2D eigenvalue weighted by atomic mass is 9.90. The molecule has 0 bridgehead atoms. The molecule has 2 aromatic heterocycles. The van der Waals surface area contributed by atoms with E-state index in [1.807, 2.05) is 24.3 Å². The topological polar surface area (TPSA) is 18.0 Å². The number of ether oxygens (including phenoxy) is 1. The van der Waals surface area contributed by atoms with Gasteiger partial charge in [0.25, 0.3) is 5.69 Å². The lowest BCUT2D eigenvalue weighted by molar-refractivity contribution is -0.633. The van der Waals surface area contributed by atoms with Crippen LogP contribution in [0.1, 0.15) is 11.1 Å². The van der Waals surface area contributed by atoms with Crippen molar-refractivity contribution < 1.29 is 13.7 Å². The molecule has 1 aliphatic rings. The molecule has 0 atom stereocenters. The highest BCUT2D eigenvalue weighted by atomic mass is 19.1. The third kappa shape index (κ3) is 2.64. The van der Waals surface area contributed by atoms with E-state index in [1.54, 1.807) is 6.07 Å². The van der Waals surface area contributed by atoms with E-state index in [9.17, 15) is 0 Å². The summed E-state index contributed by atoms with van der Waals surface area (Å²) in [6.07, 6.45) is 0. The van der Waals surface area contributed by atoms with E-state index < -0.39 is 0 Å². The molecule has 0 N–H and O–H groups in total. The van der Waals surface area contributed by atoms with E-state index in [1.165, 1.54) is 28.1 Å². The van der Waals surface area contributed by atoms with E-state index >= 15 is 4.39 Å². The summed E-state index contributed by atoms with van der Waals surface area (Å²) in [6.45, 7) is 4.36. The summed E-state index contributed by atoms with van der Waals surface area (Å²) >= 11 is 0. The fourth-order valence-corrected chi connectivity index (χ4v) is 6.42. The van der Waals surface area contributed by atoms with Crippen LogP contribution in [0.4, 0.5) is 4.39 Å². The standard InChI is InChI=1S/C34H24FN2O/c1-19-17-21-9-6-16-29-32(21)31(20(19)2)34-30(38-29)18-24-26(36(34)3)14-8-15-28(24)37-27-13-5-4-10-22(27)23-11-7-12-25(35)33(23)37/h4-18H,1-3H3/q+1. The molecule has 0 aliphatic carbocycles. The number of para-hydroxylation sites is 2. The van der Waals surface area contributed by atoms with E-state index in [0.717, 1.165) is 55.5 Å². The number of halogens is 1. The summed E-state index contributed by atoms with van der Waals surface area (Å²) in [5.74, 6) is 1.44. The number of fused-ring (bicyclic) bond motifs is 6. The van der Waals surface area contributed by atoms with Crippen LogP contribution in [0, 0.1) is 19.7 Å². The van der Waals surface area contributed by atoms with E-state index in [0.29, 0.717) is 5.52 Å². The lowest BCUT2D eigenvalue weighted by Crippen LogP contribution is -2.34. The molecule has 0 amide bonds. The average Bonchev–Trinajstić information content (AvgIpc) is 3.26. The van der Waals surface area contributed by atoms with Gasteiger partial charge < -0.3 is 9.30 Å². The summed E-state index contributed by atoms with van der Waals surface area (Å²) in [4.78, 5) is 0. The van der Waals surface area contributed by atoms with Gasteiger partial charge in [0.2, 0.25) is 5.52 Å². The predicted octanol–water partition coefficient (Wildman–Crippen LogP) is 8.44. The Morgan fingerprint density at radius 2 is 1.55 bits per heavy atom. The van der Waals surface area contributed by atoms with Crippen LogP contribution in [0.25, 0.3) is 60.4 Å². The fourth-order valence-electron chi connectivity index (χ4n) is 6.42. The summed E-state index contributed by atoms with van der Waals surface area (Å²) in [6, 6.07) is 30.3. The second-order valence-corrected chi connectivity index (χ2v) is 10.3. The van der Waals surface area contributed by atoms with Gasteiger partial charge in [0.05, 0.1) is 27.7 Å². The molecule has 8 rings (SSSR count). The minimum atomic E-state index is -0.235. The highest BCUT2D eigenvalue weighted by molar-refractivity contribution is 6.11. The Morgan fingerprint density at radius 3 is 2.45 bits per heavy atom. The molecule has 0 fully saturated rings. The van der Waals surface area contributed by atoms with Gasteiger partial charge in [-0.3, -0.25) is 0 Å². The van der Waals surface area contributed by atoms with E-state index in [2.05, 4.69) is 84.6 Å². The van der Waals surface area contributed by atoms with Gasteiger partial charge in [-0.15, -0.1) is 0 Å². The Balaban J connectivity index is 1.52. The maximum absolute atomic E-state index is 15.4. The van der Waals surface area contributed by atoms with Gasteiger partial charge in [-0.1, -0.05) is 54.6 Å². The van der Waals surface area contributed by atoms with Crippen molar-refractivity contribution in [3.63, 3.8) is 0 Å². The van der Waals surface area contributed by atoms with Crippen molar-refractivity contribution in [2.24, 2.45) is 7.05 Å². The highest BCUT2D eigenvalue weighted by Gasteiger charge is 2.32. The van der Waals surface area contributed by atoms with Crippen LogP contribution in [0.5, 0.6) is 11.5 Å². The molecule has 182 valence electrons. The molecule has 3 heterocycles. The minimum Gasteiger partial charge on any atom is -0.450 e. The van der Waals surface area contributed by atoms with Crippen LogP contribution in [0.3, 0.4) is 0 Å². The quantitative estimate of drug-likeness (QED) is 0.209. The highest BCUT2D eigenvalue weighted by Crippen LogP contribution is 2.48. The average molecular weight is 496 g/mol. The van der Waals surface area contributed by atoms with E-state index in [4.69, 9.17) is 4.74 Å². The maximum atomic E-state index is 15.4. The molecule has 5 aromatic carbocycles. The number of hydrogen-bond donors (Lipinski definition) is 0. The molecule has 3 nitrogen and oxygen atoms in total. The number of aromatic nitrogens is 2. The second kappa shape index (κ2) is 7.42. The molecule has 1 aliphatic heterocycles. The summed E-state index contributed by atoms with van der Waals surface area (Å²) in [5, 5.41) is 5.27. The Morgan fingerprint density at radius 1 is 0.763 bits per heavy atom. The van der Waals surface area contributed by atoms with Crippen molar-refractivity contribution in [1.82, 2.24) is 4.57 Å². The largest absolute Gasteiger partial charge is 0.450 e. The Bertz CT molecular complexity index is 2160. The number of rotatable bonds is 1. The molecule has 0 radical (unpaired) electrons.